The van der Waals surface area contributed by atoms with Gasteiger partial charge in [-0.1, -0.05) is 5.16 Å². The Bertz CT molecular complexity index is 546. The number of ether oxygens (including phenoxy) is 1. The molecule has 1 aromatic rings. The SMILES string of the molecule is CC1CN(Cc2cc(F)cc(/C(N)=N/O)c2)CC(C)(C)O1. The molecule has 0 aliphatic carbocycles. The van der Waals surface area contributed by atoms with Gasteiger partial charge in [0.05, 0.1) is 11.7 Å². The predicted molar refractivity (Wildman–Crippen MR) is 78.8 cm³/mol. The minimum Gasteiger partial charge on any atom is -0.409 e. The van der Waals surface area contributed by atoms with Gasteiger partial charge in [-0.3, -0.25) is 4.90 Å². The van der Waals surface area contributed by atoms with Crippen LogP contribution in [0.3, 0.4) is 0 Å². The third kappa shape index (κ3) is 4.15. The maximum absolute atomic E-state index is 13.7. The maximum Gasteiger partial charge on any atom is 0.170 e. The molecule has 116 valence electrons. The maximum atomic E-state index is 13.7. The molecule has 0 spiro atoms. The largest absolute Gasteiger partial charge is 0.409 e. The van der Waals surface area contributed by atoms with Crippen LogP contribution in [0.25, 0.3) is 0 Å². The van der Waals surface area contributed by atoms with Gasteiger partial charge in [-0.05, 0) is 44.5 Å². The molecule has 5 nitrogen and oxygen atoms in total. The van der Waals surface area contributed by atoms with E-state index in [1.54, 1.807) is 6.07 Å². The van der Waals surface area contributed by atoms with E-state index in [1.165, 1.54) is 12.1 Å². The lowest BCUT2D eigenvalue weighted by Gasteiger charge is -2.41. The number of oxime groups is 1. The van der Waals surface area contributed by atoms with Crippen LogP contribution in [0, 0.1) is 5.82 Å². The lowest BCUT2D eigenvalue weighted by Crippen LogP contribution is -2.51. The summed E-state index contributed by atoms with van der Waals surface area (Å²) in [6, 6.07) is 4.47. The second-order valence-electron chi connectivity index (χ2n) is 6.19. The van der Waals surface area contributed by atoms with E-state index in [4.69, 9.17) is 15.7 Å². The Hall–Kier alpha value is -1.66. The van der Waals surface area contributed by atoms with E-state index in [2.05, 4.69) is 10.1 Å². The summed E-state index contributed by atoms with van der Waals surface area (Å²) in [5.41, 5.74) is 6.48. The zero-order valence-electron chi connectivity index (χ0n) is 12.6. The third-order valence-corrected chi connectivity index (χ3v) is 3.41. The smallest absolute Gasteiger partial charge is 0.170 e. The van der Waals surface area contributed by atoms with Gasteiger partial charge in [0.2, 0.25) is 0 Å². The van der Waals surface area contributed by atoms with Crippen molar-refractivity contribution in [3.8, 4) is 0 Å². The molecule has 0 amide bonds. The molecule has 0 radical (unpaired) electrons. The molecule has 21 heavy (non-hydrogen) atoms. The summed E-state index contributed by atoms with van der Waals surface area (Å²) in [6.07, 6.45) is 0.130. The molecule has 1 unspecified atom stereocenters. The van der Waals surface area contributed by atoms with Crippen LogP contribution >= 0.6 is 0 Å². The molecular weight excluding hydrogens is 273 g/mol. The number of nitrogens with zero attached hydrogens (tertiary/aromatic N) is 2. The number of hydrogen-bond acceptors (Lipinski definition) is 4. The standard InChI is InChI=1S/C15H22FN3O2/c1-10-7-19(9-15(2,3)21-10)8-11-4-12(14(17)18-20)6-13(16)5-11/h4-6,10,20H,7-9H2,1-3H3,(H2,17,18). The van der Waals surface area contributed by atoms with Gasteiger partial charge in [0, 0.05) is 25.2 Å². The Morgan fingerprint density at radius 2 is 2.24 bits per heavy atom. The molecule has 0 saturated carbocycles. The predicted octanol–water partition coefficient (Wildman–Crippen LogP) is 1.92. The van der Waals surface area contributed by atoms with Crippen molar-refractivity contribution in [1.29, 1.82) is 0 Å². The first-order chi connectivity index (χ1) is 9.79. The monoisotopic (exact) mass is 295 g/mol. The van der Waals surface area contributed by atoms with Gasteiger partial charge < -0.3 is 15.7 Å². The molecule has 1 aromatic carbocycles. The molecule has 1 atom stereocenters. The fraction of sp³-hybridized carbons (Fsp3) is 0.533. The van der Waals surface area contributed by atoms with Crippen molar-refractivity contribution in [3.05, 3.63) is 35.1 Å². The number of halogens is 1. The van der Waals surface area contributed by atoms with Gasteiger partial charge >= 0.3 is 0 Å². The van der Waals surface area contributed by atoms with Crippen LogP contribution < -0.4 is 5.73 Å². The highest BCUT2D eigenvalue weighted by Crippen LogP contribution is 2.22. The fourth-order valence-electron chi connectivity index (χ4n) is 2.91. The topological polar surface area (TPSA) is 71.1 Å². The highest BCUT2D eigenvalue weighted by molar-refractivity contribution is 5.97. The molecule has 6 heteroatoms. The molecular formula is C15H22FN3O2. The van der Waals surface area contributed by atoms with Gasteiger partial charge in [-0.25, -0.2) is 4.39 Å². The Morgan fingerprint density at radius 3 is 2.86 bits per heavy atom. The Balaban J connectivity index is 2.17. The lowest BCUT2D eigenvalue weighted by molar-refractivity contribution is -0.130. The van der Waals surface area contributed by atoms with Crippen LogP contribution in [0.2, 0.25) is 0 Å². The first-order valence-electron chi connectivity index (χ1n) is 6.96. The highest BCUT2D eigenvalue weighted by Gasteiger charge is 2.31. The van der Waals surface area contributed by atoms with E-state index in [1.807, 2.05) is 20.8 Å². The van der Waals surface area contributed by atoms with Gasteiger partial charge in [-0.2, -0.15) is 0 Å². The molecule has 0 aromatic heterocycles. The van der Waals surface area contributed by atoms with Gasteiger partial charge in [0.1, 0.15) is 5.82 Å². The molecule has 1 heterocycles. The zero-order chi connectivity index (χ0) is 15.6. The quantitative estimate of drug-likeness (QED) is 0.387. The van der Waals surface area contributed by atoms with Crippen molar-refractivity contribution < 1.29 is 14.3 Å². The van der Waals surface area contributed by atoms with E-state index in [0.29, 0.717) is 12.1 Å². The van der Waals surface area contributed by atoms with Crippen molar-refractivity contribution in [2.24, 2.45) is 10.9 Å². The summed E-state index contributed by atoms with van der Waals surface area (Å²) in [7, 11) is 0. The van der Waals surface area contributed by atoms with E-state index >= 15 is 0 Å². The number of morpholine rings is 1. The Kier molecular flexibility index (Phi) is 4.49. The van der Waals surface area contributed by atoms with Gasteiger partial charge in [-0.15, -0.1) is 0 Å². The third-order valence-electron chi connectivity index (χ3n) is 3.41. The first-order valence-corrected chi connectivity index (χ1v) is 6.96. The van der Waals surface area contributed by atoms with Crippen LogP contribution in [-0.2, 0) is 11.3 Å². The Morgan fingerprint density at radius 1 is 1.52 bits per heavy atom. The van der Waals surface area contributed by atoms with Crippen LogP contribution in [0.4, 0.5) is 4.39 Å². The summed E-state index contributed by atoms with van der Waals surface area (Å²) in [6.45, 7) is 8.28. The summed E-state index contributed by atoms with van der Waals surface area (Å²) in [4.78, 5) is 2.22. The van der Waals surface area contributed by atoms with Crippen molar-refractivity contribution in [1.82, 2.24) is 4.90 Å². The number of hydrogen-bond donors (Lipinski definition) is 2. The van der Waals surface area contributed by atoms with E-state index in [9.17, 15) is 4.39 Å². The highest BCUT2D eigenvalue weighted by atomic mass is 19.1. The second-order valence-corrected chi connectivity index (χ2v) is 6.19. The number of amidine groups is 1. The van der Waals surface area contributed by atoms with Gasteiger partial charge in [0.25, 0.3) is 0 Å². The van der Waals surface area contributed by atoms with Crippen LogP contribution in [0.5, 0.6) is 0 Å². The van der Waals surface area contributed by atoms with Crippen molar-refractivity contribution >= 4 is 5.84 Å². The average molecular weight is 295 g/mol. The summed E-state index contributed by atoms with van der Waals surface area (Å²) in [5, 5.41) is 11.6. The van der Waals surface area contributed by atoms with E-state index < -0.39 is 5.82 Å². The minimum absolute atomic E-state index is 0.0913. The molecule has 0 bridgehead atoms. The Labute approximate surface area is 124 Å². The lowest BCUT2D eigenvalue weighted by atomic mass is 10.0. The molecule has 1 saturated heterocycles. The number of rotatable bonds is 3. The molecule has 3 N–H and O–H groups in total. The molecule has 1 fully saturated rings. The second kappa shape index (κ2) is 5.99. The minimum atomic E-state index is -0.394. The van der Waals surface area contributed by atoms with Crippen LogP contribution in [0.1, 0.15) is 31.9 Å². The first kappa shape index (κ1) is 15.7. The average Bonchev–Trinajstić information content (AvgIpc) is 2.34. The number of nitrogens with two attached hydrogens (primary N) is 1. The van der Waals surface area contributed by atoms with E-state index in [0.717, 1.165) is 18.7 Å². The van der Waals surface area contributed by atoms with Crippen LogP contribution in [0.15, 0.2) is 23.4 Å². The molecule has 1 aliphatic heterocycles. The zero-order valence-corrected chi connectivity index (χ0v) is 12.6. The van der Waals surface area contributed by atoms with Crippen molar-refractivity contribution in [3.63, 3.8) is 0 Å². The molecule has 2 rings (SSSR count). The van der Waals surface area contributed by atoms with Crippen molar-refractivity contribution in [2.45, 2.75) is 39.0 Å². The summed E-state index contributed by atoms with van der Waals surface area (Å²) in [5.74, 6) is -0.485. The number of benzene rings is 1. The molecule has 1 aliphatic rings. The normalized spacial score (nSPS) is 23.2. The fourth-order valence-corrected chi connectivity index (χ4v) is 2.91. The van der Waals surface area contributed by atoms with Gasteiger partial charge in [0.15, 0.2) is 5.84 Å². The van der Waals surface area contributed by atoms with Crippen molar-refractivity contribution in [2.75, 3.05) is 13.1 Å². The summed E-state index contributed by atoms with van der Waals surface area (Å²) >= 11 is 0. The van der Waals surface area contributed by atoms with Crippen LogP contribution in [-0.4, -0.2) is 40.7 Å². The van der Waals surface area contributed by atoms with E-state index in [-0.39, 0.29) is 17.5 Å². The summed E-state index contributed by atoms with van der Waals surface area (Å²) < 4.78 is 19.5.